The molecule has 26 heavy (non-hydrogen) atoms. The first kappa shape index (κ1) is 18.3. The van der Waals surface area contributed by atoms with Crippen LogP contribution in [0.25, 0.3) is 16.8 Å². The van der Waals surface area contributed by atoms with E-state index in [2.05, 4.69) is 33.8 Å². The van der Waals surface area contributed by atoms with E-state index < -0.39 is 0 Å². The van der Waals surface area contributed by atoms with Crippen LogP contribution >= 0.6 is 0 Å². The zero-order chi connectivity index (χ0) is 18.5. The smallest absolute Gasteiger partial charge is 0.126 e. The van der Waals surface area contributed by atoms with Gasteiger partial charge in [-0.1, -0.05) is 26.0 Å². The molecule has 4 rings (SSSR count). The van der Waals surface area contributed by atoms with Gasteiger partial charge in [0.1, 0.15) is 5.82 Å². The highest BCUT2D eigenvalue weighted by molar-refractivity contribution is 5.84. The lowest BCUT2D eigenvalue weighted by Gasteiger charge is -2.19. The van der Waals surface area contributed by atoms with Crippen molar-refractivity contribution < 1.29 is 4.39 Å². The van der Waals surface area contributed by atoms with E-state index >= 15 is 0 Å². The number of allylic oxidation sites excluding steroid dienone is 2. The number of pyridine rings is 1. The van der Waals surface area contributed by atoms with E-state index in [4.69, 9.17) is 0 Å². The molecule has 1 aromatic carbocycles. The van der Waals surface area contributed by atoms with Crippen LogP contribution in [0.5, 0.6) is 0 Å². The maximum absolute atomic E-state index is 14.1. The Hall–Kier alpha value is -2.46. The molecular formula is C22H26FN3. The number of benzene rings is 1. The summed E-state index contributed by atoms with van der Waals surface area (Å²) in [6.07, 6.45) is 10.2. The molecule has 0 amide bonds. The number of likely N-dealkylation sites (N-methyl/N-ethyl adjacent to an activating group) is 1. The summed E-state index contributed by atoms with van der Waals surface area (Å²) in [5.74, 6) is 0.276. The number of aromatic nitrogens is 1. The number of hydrogen-bond acceptors (Lipinski definition) is 3. The summed E-state index contributed by atoms with van der Waals surface area (Å²) >= 11 is 0. The summed E-state index contributed by atoms with van der Waals surface area (Å²) in [4.78, 5) is 4.57. The van der Waals surface area contributed by atoms with E-state index in [1.165, 1.54) is 0 Å². The van der Waals surface area contributed by atoms with Gasteiger partial charge in [-0.15, -0.1) is 0 Å². The first-order valence-corrected chi connectivity index (χ1v) is 9.33. The highest BCUT2D eigenvalue weighted by atomic mass is 19.1. The maximum atomic E-state index is 14.1. The minimum atomic E-state index is -0.103. The van der Waals surface area contributed by atoms with Crippen LogP contribution in [0.2, 0.25) is 0 Å². The zero-order valence-corrected chi connectivity index (χ0v) is 15.6. The second-order valence-electron chi connectivity index (χ2n) is 6.30. The normalized spacial score (nSPS) is 18.5. The molecule has 1 aliphatic carbocycles. The summed E-state index contributed by atoms with van der Waals surface area (Å²) in [5.41, 5.74) is 4.80. The molecule has 2 N–H and O–H groups in total. The SMILES string of the molecule is CC.CNC1C=CC(c2cccnc2-c2ccc(F)c(C3CC3)c2)=CN1. The molecule has 0 radical (unpaired) electrons. The van der Waals surface area contributed by atoms with E-state index in [0.29, 0.717) is 5.92 Å². The quantitative estimate of drug-likeness (QED) is 0.828. The summed E-state index contributed by atoms with van der Waals surface area (Å²) in [5, 5.41) is 6.45. The van der Waals surface area contributed by atoms with E-state index in [0.717, 1.165) is 40.8 Å². The molecule has 0 spiro atoms. The van der Waals surface area contributed by atoms with Crippen molar-refractivity contribution in [1.82, 2.24) is 15.6 Å². The minimum Gasteiger partial charge on any atom is -0.372 e. The van der Waals surface area contributed by atoms with Gasteiger partial charge in [0.05, 0.1) is 11.9 Å². The van der Waals surface area contributed by atoms with Crippen molar-refractivity contribution in [3.05, 3.63) is 71.8 Å². The monoisotopic (exact) mass is 351 g/mol. The van der Waals surface area contributed by atoms with Crippen LogP contribution in [0.1, 0.15) is 43.7 Å². The van der Waals surface area contributed by atoms with Gasteiger partial charge in [0.15, 0.2) is 0 Å². The fourth-order valence-electron chi connectivity index (χ4n) is 3.10. The molecule has 1 unspecified atom stereocenters. The van der Waals surface area contributed by atoms with E-state index in [1.54, 1.807) is 12.3 Å². The molecule has 2 aliphatic rings. The Morgan fingerprint density at radius 1 is 1.19 bits per heavy atom. The lowest BCUT2D eigenvalue weighted by atomic mass is 9.96. The number of nitrogens with zero attached hydrogens (tertiary/aromatic N) is 1. The van der Waals surface area contributed by atoms with Crippen molar-refractivity contribution in [2.24, 2.45) is 0 Å². The fourth-order valence-corrected chi connectivity index (χ4v) is 3.10. The molecule has 1 saturated carbocycles. The largest absolute Gasteiger partial charge is 0.372 e. The Kier molecular flexibility index (Phi) is 5.84. The fraction of sp³-hybridized carbons (Fsp3) is 0.318. The van der Waals surface area contributed by atoms with Gasteiger partial charge in [-0.05, 0) is 67.3 Å². The number of dihydropyridines is 1. The zero-order valence-electron chi connectivity index (χ0n) is 15.6. The van der Waals surface area contributed by atoms with Crippen LogP contribution < -0.4 is 10.6 Å². The molecule has 1 aliphatic heterocycles. The second-order valence-corrected chi connectivity index (χ2v) is 6.30. The highest BCUT2D eigenvalue weighted by Crippen LogP contribution is 2.42. The number of halogens is 1. The van der Waals surface area contributed by atoms with Crippen LogP contribution in [-0.4, -0.2) is 18.2 Å². The van der Waals surface area contributed by atoms with Crippen LogP contribution in [0.15, 0.2) is 54.9 Å². The maximum Gasteiger partial charge on any atom is 0.126 e. The molecule has 3 nitrogen and oxygen atoms in total. The van der Waals surface area contributed by atoms with Crippen molar-refractivity contribution in [2.75, 3.05) is 7.05 Å². The van der Waals surface area contributed by atoms with Gasteiger partial charge >= 0.3 is 0 Å². The Morgan fingerprint density at radius 2 is 2.00 bits per heavy atom. The Morgan fingerprint density at radius 3 is 2.65 bits per heavy atom. The number of rotatable bonds is 4. The van der Waals surface area contributed by atoms with Gasteiger partial charge in [0.25, 0.3) is 0 Å². The van der Waals surface area contributed by atoms with Crippen LogP contribution in [-0.2, 0) is 0 Å². The lowest BCUT2D eigenvalue weighted by Crippen LogP contribution is -2.36. The molecule has 0 bridgehead atoms. The third-order valence-corrected chi connectivity index (χ3v) is 4.60. The molecule has 136 valence electrons. The molecule has 0 saturated heterocycles. The summed E-state index contributed by atoms with van der Waals surface area (Å²) in [7, 11) is 1.91. The van der Waals surface area contributed by atoms with Gasteiger partial charge in [0, 0.05) is 23.5 Å². The Bertz CT molecular complexity index is 822. The standard InChI is InChI=1S/C20H20FN3.C2H6/c1-22-19-9-7-15(12-24-19)16-3-2-10-23-20(16)14-6-8-18(21)17(11-14)13-4-5-13;1-2/h2-3,6-13,19,22,24H,4-5H2,1H3;1-2H3. The predicted molar refractivity (Wildman–Crippen MR) is 106 cm³/mol. The minimum absolute atomic E-state index is 0.103. The highest BCUT2D eigenvalue weighted by Gasteiger charge is 2.27. The van der Waals surface area contributed by atoms with Crippen molar-refractivity contribution >= 4 is 5.57 Å². The van der Waals surface area contributed by atoms with Crippen molar-refractivity contribution in [2.45, 2.75) is 38.8 Å². The molecular weight excluding hydrogens is 325 g/mol. The summed E-state index contributed by atoms with van der Waals surface area (Å²) in [6.45, 7) is 4.00. The first-order chi connectivity index (χ1) is 12.8. The van der Waals surface area contributed by atoms with Gasteiger partial charge < -0.3 is 5.32 Å². The molecule has 1 fully saturated rings. The van der Waals surface area contributed by atoms with Gasteiger partial charge in [-0.2, -0.15) is 0 Å². The average molecular weight is 351 g/mol. The van der Waals surface area contributed by atoms with Crippen molar-refractivity contribution in [1.29, 1.82) is 0 Å². The third-order valence-electron chi connectivity index (χ3n) is 4.60. The average Bonchev–Trinajstić information content (AvgIpc) is 3.55. The molecule has 1 atom stereocenters. The number of nitrogens with one attached hydrogen (secondary N) is 2. The van der Waals surface area contributed by atoms with Crippen LogP contribution in [0, 0.1) is 5.82 Å². The first-order valence-electron chi connectivity index (χ1n) is 9.33. The molecule has 2 heterocycles. The number of hydrogen-bond donors (Lipinski definition) is 2. The van der Waals surface area contributed by atoms with Gasteiger partial charge in [-0.3, -0.25) is 10.3 Å². The topological polar surface area (TPSA) is 37.0 Å². The van der Waals surface area contributed by atoms with Crippen molar-refractivity contribution in [3.8, 4) is 11.3 Å². The molecule has 4 heteroatoms. The van der Waals surface area contributed by atoms with E-state index in [1.807, 2.05) is 45.3 Å². The van der Waals surface area contributed by atoms with Gasteiger partial charge in [-0.25, -0.2) is 4.39 Å². The molecule has 1 aromatic heterocycles. The lowest BCUT2D eigenvalue weighted by molar-refractivity contribution is 0.608. The Balaban J connectivity index is 0.000000948. The van der Waals surface area contributed by atoms with E-state index in [9.17, 15) is 4.39 Å². The summed E-state index contributed by atoms with van der Waals surface area (Å²) in [6, 6.07) is 9.35. The summed E-state index contributed by atoms with van der Waals surface area (Å²) < 4.78 is 14.1. The third kappa shape index (κ3) is 3.86. The van der Waals surface area contributed by atoms with E-state index in [-0.39, 0.29) is 12.0 Å². The predicted octanol–water partition coefficient (Wildman–Crippen LogP) is 4.84. The van der Waals surface area contributed by atoms with Crippen LogP contribution in [0.4, 0.5) is 4.39 Å². The Labute approximate surface area is 155 Å². The molecule has 2 aromatic rings. The van der Waals surface area contributed by atoms with Crippen LogP contribution in [0.3, 0.4) is 0 Å². The second kappa shape index (κ2) is 8.28. The van der Waals surface area contributed by atoms with Crippen molar-refractivity contribution in [3.63, 3.8) is 0 Å². The van der Waals surface area contributed by atoms with Gasteiger partial charge in [0.2, 0.25) is 0 Å².